The van der Waals surface area contributed by atoms with E-state index in [9.17, 15) is 9.90 Å². The van der Waals surface area contributed by atoms with Crippen molar-refractivity contribution in [3.8, 4) is 0 Å². The number of hydrogen-bond donors (Lipinski definition) is 1. The van der Waals surface area contributed by atoms with Crippen molar-refractivity contribution in [2.24, 2.45) is 0 Å². The van der Waals surface area contributed by atoms with Gasteiger partial charge in [0.2, 0.25) is 5.91 Å². The lowest BCUT2D eigenvalue weighted by molar-refractivity contribution is -0.132. The Labute approximate surface area is 149 Å². The van der Waals surface area contributed by atoms with Crippen LogP contribution in [-0.4, -0.2) is 64.6 Å². The van der Waals surface area contributed by atoms with E-state index in [0.29, 0.717) is 13.0 Å². The number of piperazine rings is 1. The molecule has 1 atom stereocenters. The van der Waals surface area contributed by atoms with Crippen LogP contribution in [0.1, 0.15) is 23.7 Å². The number of fused-ring (bicyclic) bond motifs is 1. The molecule has 1 aliphatic heterocycles. The van der Waals surface area contributed by atoms with Crippen molar-refractivity contribution >= 4 is 16.8 Å². The molecule has 1 saturated heterocycles. The van der Waals surface area contributed by atoms with Crippen molar-refractivity contribution < 1.29 is 9.90 Å². The van der Waals surface area contributed by atoms with Gasteiger partial charge >= 0.3 is 0 Å². The minimum atomic E-state index is -0.323. The zero-order chi connectivity index (χ0) is 18.0. The molecule has 0 aliphatic carbocycles. The van der Waals surface area contributed by atoms with Crippen LogP contribution in [0.15, 0.2) is 24.3 Å². The second kappa shape index (κ2) is 7.50. The van der Waals surface area contributed by atoms with Crippen LogP contribution >= 0.6 is 0 Å². The number of amides is 1. The number of carbonyl (C=O) groups is 1. The lowest BCUT2D eigenvalue weighted by Gasteiger charge is -2.35. The third kappa shape index (κ3) is 3.99. The van der Waals surface area contributed by atoms with Crippen LogP contribution in [0.5, 0.6) is 0 Å². The molecule has 2 aromatic rings. The predicted molar refractivity (Wildman–Crippen MR) is 99.6 cm³/mol. The summed E-state index contributed by atoms with van der Waals surface area (Å²) in [6, 6.07) is 8.09. The molecule has 0 saturated carbocycles. The maximum absolute atomic E-state index is 12.8. The largest absolute Gasteiger partial charge is 0.392 e. The molecule has 25 heavy (non-hydrogen) atoms. The summed E-state index contributed by atoms with van der Waals surface area (Å²) >= 11 is 0. The molecule has 1 N–H and O–H groups in total. The van der Waals surface area contributed by atoms with Gasteiger partial charge in [0.15, 0.2) is 0 Å². The summed E-state index contributed by atoms with van der Waals surface area (Å²) in [7, 11) is 0. The quantitative estimate of drug-likeness (QED) is 0.923. The van der Waals surface area contributed by atoms with Crippen molar-refractivity contribution in [3.05, 3.63) is 41.1 Å². The number of aliphatic hydroxyl groups is 1. The van der Waals surface area contributed by atoms with Crippen molar-refractivity contribution in [1.29, 1.82) is 0 Å². The van der Waals surface area contributed by atoms with E-state index in [1.807, 2.05) is 30.0 Å². The Morgan fingerprint density at radius 2 is 1.88 bits per heavy atom. The highest BCUT2D eigenvalue weighted by Crippen LogP contribution is 2.23. The van der Waals surface area contributed by atoms with E-state index in [-0.39, 0.29) is 12.0 Å². The summed E-state index contributed by atoms with van der Waals surface area (Å²) in [5.41, 5.74) is 4.14. The SMILES string of the molecule is Cc1nc2ccccc2c(C)c1CC(=O)N1CCN(CC(C)O)CC1. The highest BCUT2D eigenvalue weighted by atomic mass is 16.3. The first kappa shape index (κ1) is 17.8. The average molecular weight is 341 g/mol. The molecule has 1 unspecified atom stereocenters. The van der Waals surface area contributed by atoms with Crippen LogP contribution in [0.4, 0.5) is 0 Å². The normalized spacial score (nSPS) is 17.0. The van der Waals surface area contributed by atoms with E-state index in [2.05, 4.69) is 22.9 Å². The van der Waals surface area contributed by atoms with Crippen molar-refractivity contribution in [2.45, 2.75) is 33.3 Å². The van der Waals surface area contributed by atoms with E-state index < -0.39 is 0 Å². The number of aromatic nitrogens is 1. The van der Waals surface area contributed by atoms with E-state index in [1.54, 1.807) is 6.92 Å². The first-order chi connectivity index (χ1) is 12.0. The van der Waals surface area contributed by atoms with Crippen LogP contribution in [0, 0.1) is 13.8 Å². The number of nitrogens with zero attached hydrogens (tertiary/aromatic N) is 3. The summed E-state index contributed by atoms with van der Waals surface area (Å²) in [5, 5.41) is 10.6. The van der Waals surface area contributed by atoms with Crippen LogP contribution in [0.3, 0.4) is 0 Å². The Bertz CT molecular complexity index is 765. The zero-order valence-corrected chi connectivity index (χ0v) is 15.3. The van der Waals surface area contributed by atoms with Gasteiger partial charge in [-0.15, -0.1) is 0 Å². The molecule has 134 valence electrons. The number of carbonyl (C=O) groups excluding carboxylic acids is 1. The number of aryl methyl sites for hydroxylation is 2. The fraction of sp³-hybridized carbons (Fsp3) is 0.500. The molecule has 2 heterocycles. The summed E-state index contributed by atoms with van der Waals surface area (Å²) in [6.45, 7) is 9.65. The Morgan fingerprint density at radius 1 is 1.20 bits per heavy atom. The van der Waals surface area contributed by atoms with Crippen molar-refractivity contribution in [1.82, 2.24) is 14.8 Å². The molecule has 1 amide bonds. The lowest BCUT2D eigenvalue weighted by Crippen LogP contribution is -2.50. The Kier molecular flexibility index (Phi) is 5.35. The number of benzene rings is 1. The molecule has 1 aromatic heterocycles. The monoisotopic (exact) mass is 341 g/mol. The second-order valence-corrected chi connectivity index (χ2v) is 7.03. The standard InChI is InChI=1S/C20H27N3O2/c1-14(24)13-22-8-10-23(11-9-22)20(25)12-18-15(2)17-6-4-5-7-19(17)21-16(18)3/h4-7,14,24H,8-13H2,1-3H3. The first-order valence-corrected chi connectivity index (χ1v) is 8.98. The first-order valence-electron chi connectivity index (χ1n) is 8.98. The van der Waals surface area contributed by atoms with Gasteiger partial charge in [-0.2, -0.15) is 0 Å². The molecular formula is C20H27N3O2. The second-order valence-electron chi connectivity index (χ2n) is 7.03. The Hall–Kier alpha value is -1.98. The number of rotatable bonds is 4. The van der Waals surface area contributed by atoms with E-state index in [1.165, 1.54) is 0 Å². The molecule has 1 fully saturated rings. The van der Waals surface area contributed by atoms with Crippen LogP contribution in [-0.2, 0) is 11.2 Å². The maximum Gasteiger partial charge on any atom is 0.227 e. The van der Waals surface area contributed by atoms with Gasteiger partial charge in [-0.1, -0.05) is 18.2 Å². The molecule has 1 aromatic carbocycles. The van der Waals surface area contributed by atoms with Crippen LogP contribution in [0.2, 0.25) is 0 Å². The Balaban J connectivity index is 1.71. The number of pyridine rings is 1. The highest BCUT2D eigenvalue weighted by Gasteiger charge is 2.23. The number of para-hydroxylation sites is 1. The van der Waals surface area contributed by atoms with E-state index in [4.69, 9.17) is 0 Å². The van der Waals surface area contributed by atoms with E-state index >= 15 is 0 Å². The number of β-amino-alcohol motifs (C(OH)–C–C–N with tert-alkyl or cyclic N) is 1. The number of hydrogen-bond acceptors (Lipinski definition) is 4. The van der Waals surface area contributed by atoms with Gasteiger partial charge < -0.3 is 10.0 Å². The predicted octanol–water partition coefficient (Wildman–Crippen LogP) is 1.92. The lowest BCUT2D eigenvalue weighted by atomic mass is 9.99. The van der Waals surface area contributed by atoms with Crippen molar-refractivity contribution in [3.63, 3.8) is 0 Å². The molecule has 1 aliphatic rings. The van der Waals surface area contributed by atoms with Gasteiger partial charge in [-0.25, -0.2) is 0 Å². The molecule has 0 spiro atoms. The molecule has 5 heteroatoms. The maximum atomic E-state index is 12.8. The summed E-state index contributed by atoms with van der Waals surface area (Å²) in [6.07, 6.45) is 0.0857. The van der Waals surface area contributed by atoms with Gasteiger partial charge in [0.05, 0.1) is 18.0 Å². The average Bonchev–Trinajstić information content (AvgIpc) is 2.58. The number of aliphatic hydroxyl groups excluding tert-OH is 1. The topological polar surface area (TPSA) is 56.7 Å². The zero-order valence-electron chi connectivity index (χ0n) is 15.3. The van der Waals surface area contributed by atoms with Gasteiger partial charge in [0.1, 0.15) is 0 Å². The van der Waals surface area contributed by atoms with E-state index in [0.717, 1.165) is 53.9 Å². The van der Waals surface area contributed by atoms with Crippen LogP contribution < -0.4 is 0 Å². The molecule has 5 nitrogen and oxygen atoms in total. The fourth-order valence-corrected chi connectivity index (χ4v) is 3.65. The van der Waals surface area contributed by atoms with Gasteiger partial charge in [-0.3, -0.25) is 14.7 Å². The molecule has 0 radical (unpaired) electrons. The van der Waals surface area contributed by atoms with Gasteiger partial charge in [0.25, 0.3) is 0 Å². The summed E-state index contributed by atoms with van der Waals surface area (Å²) < 4.78 is 0. The smallest absolute Gasteiger partial charge is 0.227 e. The molecule has 3 rings (SSSR count). The summed E-state index contributed by atoms with van der Waals surface area (Å²) in [5.74, 6) is 0.167. The van der Waals surface area contributed by atoms with Crippen LogP contribution in [0.25, 0.3) is 10.9 Å². The molecule has 0 bridgehead atoms. The third-order valence-electron chi connectivity index (χ3n) is 5.06. The minimum absolute atomic E-state index is 0.167. The third-order valence-corrected chi connectivity index (χ3v) is 5.06. The molecular weight excluding hydrogens is 314 g/mol. The van der Waals surface area contributed by atoms with Crippen molar-refractivity contribution in [2.75, 3.05) is 32.7 Å². The van der Waals surface area contributed by atoms with Gasteiger partial charge in [0, 0.05) is 43.8 Å². The Morgan fingerprint density at radius 3 is 2.56 bits per heavy atom. The minimum Gasteiger partial charge on any atom is -0.392 e. The highest BCUT2D eigenvalue weighted by molar-refractivity contribution is 5.86. The summed E-state index contributed by atoms with van der Waals surface area (Å²) in [4.78, 5) is 21.6. The fourth-order valence-electron chi connectivity index (χ4n) is 3.65. The van der Waals surface area contributed by atoms with Gasteiger partial charge in [-0.05, 0) is 38.0 Å².